The van der Waals surface area contributed by atoms with E-state index < -0.39 is 11.9 Å². The number of hydrogen-bond acceptors (Lipinski definition) is 6. The Balaban J connectivity index is 1.46. The normalized spacial score (nSPS) is 10.4. The summed E-state index contributed by atoms with van der Waals surface area (Å²) in [6.07, 6.45) is 0.873. The minimum Gasteiger partial charge on any atom is -0.486 e. The smallest absolute Gasteiger partial charge is 0.358 e. The van der Waals surface area contributed by atoms with Crippen molar-refractivity contribution in [3.63, 3.8) is 0 Å². The molecule has 0 aliphatic heterocycles. The van der Waals surface area contributed by atoms with E-state index >= 15 is 0 Å². The van der Waals surface area contributed by atoms with Gasteiger partial charge in [0.1, 0.15) is 17.4 Å². The number of rotatable bonds is 8. The monoisotopic (exact) mass is 410 g/mol. The Bertz CT molecular complexity index is 982. The van der Waals surface area contributed by atoms with E-state index in [4.69, 9.17) is 9.47 Å². The van der Waals surface area contributed by atoms with Gasteiger partial charge in [0.2, 0.25) is 0 Å². The van der Waals surface area contributed by atoms with Gasteiger partial charge in [-0.25, -0.2) is 9.78 Å². The Morgan fingerprint density at radius 1 is 1.14 bits per heavy atom. The molecule has 3 rings (SSSR count). The van der Waals surface area contributed by atoms with E-state index in [1.54, 1.807) is 11.4 Å². The van der Waals surface area contributed by atoms with Gasteiger partial charge >= 0.3 is 5.97 Å². The van der Waals surface area contributed by atoms with Gasteiger partial charge in [0, 0.05) is 11.1 Å². The molecule has 29 heavy (non-hydrogen) atoms. The van der Waals surface area contributed by atoms with Gasteiger partial charge in [0.25, 0.3) is 5.91 Å². The van der Waals surface area contributed by atoms with Crippen LogP contribution in [0.5, 0.6) is 5.75 Å². The summed E-state index contributed by atoms with van der Waals surface area (Å²) in [5.74, 6) is -0.302. The Labute approximate surface area is 173 Å². The summed E-state index contributed by atoms with van der Waals surface area (Å²) in [7, 11) is 0. The third-order valence-corrected chi connectivity index (χ3v) is 4.92. The van der Waals surface area contributed by atoms with Crippen LogP contribution < -0.4 is 10.1 Å². The molecule has 7 heteroatoms. The fraction of sp³-hybridized carbons (Fsp3) is 0.227. The van der Waals surface area contributed by atoms with Gasteiger partial charge in [-0.15, -0.1) is 11.3 Å². The molecular weight excluding hydrogens is 388 g/mol. The van der Waals surface area contributed by atoms with Crippen molar-refractivity contribution in [2.75, 3.05) is 11.9 Å². The quantitative estimate of drug-likeness (QED) is 0.558. The Morgan fingerprint density at radius 2 is 1.93 bits per heavy atom. The van der Waals surface area contributed by atoms with Crippen molar-refractivity contribution >= 4 is 28.9 Å². The van der Waals surface area contributed by atoms with Crippen LogP contribution in [0, 0.1) is 6.92 Å². The van der Waals surface area contributed by atoms with Crippen molar-refractivity contribution in [3.8, 4) is 5.75 Å². The average molecular weight is 410 g/mol. The molecule has 3 aromatic rings. The topological polar surface area (TPSA) is 77.5 Å². The van der Waals surface area contributed by atoms with E-state index in [-0.39, 0.29) is 18.9 Å². The maximum Gasteiger partial charge on any atom is 0.358 e. The molecule has 0 aliphatic rings. The number of aryl methyl sites for hydroxylation is 2. The SMILES string of the molecule is CCc1cccc(NC(=O)COC(=O)c2csc(COc3ccc(C)cc3)n2)c1. The van der Waals surface area contributed by atoms with Gasteiger partial charge in [-0.1, -0.05) is 36.8 Å². The summed E-state index contributed by atoms with van der Waals surface area (Å²) in [5, 5.41) is 4.96. The first-order chi connectivity index (χ1) is 14.0. The molecule has 0 spiro atoms. The molecule has 0 saturated heterocycles. The first-order valence-corrected chi connectivity index (χ1v) is 10.1. The molecule has 2 aromatic carbocycles. The lowest BCUT2D eigenvalue weighted by Crippen LogP contribution is -2.21. The largest absolute Gasteiger partial charge is 0.486 e. The summed E-state index contributed by atoms with van der Waals surface area (Å²) in [6.45, 7) is 3.93. The Hall–Kier alpha value is -3.19. The predicted molar refractivity (Wildman–Crippen MR) is 112 cm³/mol. The van der Waals surface area contributed by atoms with E-state index in [9.17, 15) is 9.59 Å². The highest BCUT2D eigenvalue weighted by Gasteiger charge is 2.14. The lowest BCUT2D eigenvalue weighted by atomic mass is 10.1. The minimum absolute atomic E-state index is 0.165. The molecule has 1 amide bonds. The second-order valence-corrected chi connectivity index (χ2v) is 7.35. The van der Waals surface area contributed by atoms with Crippen molar-refractivity contribution < 1.29 is 19.1 Å². The Morgan fingerprint density at radius 3 is 2.69 bits per heavy atom. The van der Waals surface area contributed by atoms with Crippen molar-refractivity contribution in [1.29, 1.82) is 0 Å². The zero-order valence-electron chi connectivity index (χ0n) is 16.3. The number of thiazole rings is 1. The lowest BCUT2D eigenvalue weighted by molar-refractivity contribution is -0.119. The molecule has 1 aromatic heterocycles. The third-order valence-electron chi connectivity index (χ3n) is 4.10. The molecule has 0 aliphatic carbocycles. The van der Waals surface area contributed by atoms with E-state index in [1.165, 1.54) is 11.3 Å². The summed E-state index contributed by atoms with van der Waals surface area (Å²) in [5.41, 5.74) is 3.11. The van der Waals surface area contributed by atoms with Gasteiger partial charge in [0.05, 0.1) is 0 Å². The molecule has 0 fully saturated rings. The fourth-order valence-electron chi connectivity index (χ4n) is 2.52. The maximum absolute atomic E-state index is 12.1. The van der Waals surface area contributed by atoms with E-state index in [0.29, 0.717) is 10.7 Å². The summed E-state index contributed by atoms with van der Waals surface area (Å²) in [6, 6.07) is 15.2. The number of benzene rings is 2. The molecule has 150 valence electrons. The predicted octanol–water partition coefficient (Wildman–Crippen LogP) is 4.39. The Kier molecular flexibility index (Phi) is 6.97. The van der Waals surface area contributed by atoms with Crippen LogP contribution in [0.25, 0.3) is 0 Å². The number of esters is 1. The number of nitrogens with zero attached hydrogens (tertiary/aromatic N) is 1. The molecule has 0 atom stereocenters. The van der Waals surface area contributed by atoms with Crippen LogP contribution in [0.15, 0.2) is 53.9 Å². The first kappa shape index (κ1) is 20.5. The second kappa shape index (κ2) is 9.84. The standard InChI is InChI=1S/C22H22N2O4S/c1-3-16-5-4-6-17(11-16)23-20(25)12-28-22(26)19-14-29-21(24-19)13-27-18-9-7-15(2)8-10-18/h4-11,14H,3,12-13H2,1-2H3,(H,23,25). The lowest BCUT2D eigenvalue weighted by Gasteiger charge is -2.07. The first-order valence-electron chi connectivity index (χ1n) is 9.23. The van der Waals surface area contributed by atoms with Crippen LogP contribution in [-0.2, 0) is 22.6 Å². The van der Waals surface area contributed by atoms with Gasteiger partial charge in [0.15, 0.2) is 12.3 Å². The van der Waals surface area contributed by atoms with Crippen LogP contribution in [0.1, 0.15) is 33.5 Å². The molecule has 6 nitrogen and oxygen atoms in total. The molecule has 0 radical (unpaired) electrons. The van der Waals surface area contributed by atoms with Crippen molar-refractivity contribution in [3.05, 3.63) is 75.7 Å². The van der Waals surface area contributed by atoms with Gasteiger partial charge < -0.3 is 14.8 Å². The molecule has 0 bridgehead atoms. The summed E-state index contributed by atoms with van der Waals surface area (Å²) < 4.78 is 10.7. The van der Waals surface area contributed by atoms with Crippen LogP contribution >= 0.6 is 11.3 Å². The van der Waals surface area contributed by atoms with Crippen LogP contribution in [0.2, 0.25) is 0 Å². The zero-order chi connectivity index (χ0) is 20.6. The van der Waals surface area contributed by atoms with E-state index in [2.05, 4.69) is 10.3 Å². The number of amides is 1. The number of ether oxygens (including phenoxy) is 2. The second-order valence-electron chi connectivity index (χ2n) is 6.41. The van der Waals surface area contributed by atoms with Gasteiger partial charge in [-0.3, -0.25) is 4.79 Å². The zero-order valence-corrected chi connectivity index (χ0v) is 17.1. The maximum atomic E-state index is 12.1. The number of nitrogens with one attached hydrogen (secondary N) is 1. The number of carbonyl (C=O) groups excluding carboxylic acids is 2. The third kappa shape index (κ3) is 6.15. The van der Waals surface area contributed by atoms with Crippen molar-refractivity contribution in [1.82, 2.24) is 4.98 Å². The highest BCUT2D eigenvalue weighted by molar-refractivity contribution is 7.09. The van der Waals surface area contributed by atoms with E-state index in [1.807, 2.05) is 56.3 Å². The number of aromatic nitrogens is 1. The van der Waals surface area contributed by atoms with Gasteiger partial charge in [-0.2, -0.15) is 0 Å². The number of hydrogen-bond donors (Lipinski definition) is 1. The molecule has 0 unspecified atom stereocenters. The van der Waals surface area contributed by atoms with Crippen LogP contribution in [0.3, 0.4) is 0 Å². The molecule has 1 heterocycles. The highest BCUT2D eigenvalue weighted by Crippen LogP contribution is 2.17. The highest BCUT2D eigenvalue weighted by atomic mass is 32.1. The fourth-order valence-corrected chi connectivity index (χ4v) is 3.20. The summed E-state index contributed by atoms with van der Waals surface area (Å²) in [4.78, 5) is 28.4. The van der Waals surface area contributed by atoms with E-state index in [0.717, 1.165) is 23.3 Å². The molecular formula is C22H22N2O4S. The molecule has 0 saturated carbocycles. The van der Waals surface area contributed by atoms with Crippen LogP contribution in [0.4, 0.5) is 5.69 Å². The van der Waals surface area contributed by atoms with Crippen LogP contribution in [-0.4, -0.2) is 23.5 Å². The molecule has 1 N–H and O–H groups in total. The minimum atomic E-state index is -0.639. The number of anilines is 1. The average Bonchev–Trinajstić information content (AvgIpc) is 3.21. The van der Waals surface area contributed by atoms with Crippen molar-refractivity contribution in [2.45, 2.75) is 26.9 Å². The summed E-state index contributed by atoms with van der Waals surface area (Å²) >= 11 is 1.30. The number of carbonyl (C=O) groups is 2. The van der Waals surface area contributed by atoms with Crippen molar-refractivity contribution in [2.24, 2.45) is 0 Å². The van der Waals surface area contributed by atoms with Gasteiger partial charge in [-0.05, 0) is 43.2 Å².